The van der Waals surface area contributed by atoms with Crippen LogP contribution >= 0.6 is 15.9 Å². The Morgan fingerprint density at radius 3 is 2.72 bits per heavy atom. The minimum absolute atomic E-state index is 0.178. The molecule has 0 amide bonds. The van der Waals surface area contributed by atoms with E-state index in [-0.39, 0.29) is 17.1 Å². The van der Waals surface area contributed by atoms with Crippen LogP contribution in [-0.4, -0.2) is 12.4 Å². The van der Waals surface area contributed by atoms with Gasteiger partial charge in [-0.2, -0.15) is 0 Å². The lowest BCUT2D eigenvalue weighted by atomic mass is 9.87. The monoisotopic (exact) mass is 316 g/mol. The number of halogens is 2. The van der Waals surface area contributed by atoms with Crippen molar-refractivity contribution in [3.8, 4) is 5.75 Å². The zero-order valence-electron chi connectivity index (χ0n) is 10.6. The van der Waals surface area contributed by atoms with Crippen LogP contribution < -0.4 is 10.5 Å². The van der Waals surface area contributed by atoms with Gasteiger partial charge in [-0.05, 0) is 40.9 Å². The largest absolute Gasteiger partial charge is 0.493 e. The predicted molar refractivity (Wildman–Crippen MR) is 74.5 cm³/mol. The summed E-state index contributed by atoms with van der Waals surface area (Å²) in [4.78, 5) is 0. The van der Waals surface area contributed by atoms with Crippen LogP contribution in [0.3, 0.4) is 0 Å². The minimum Gasteiger partial charge on any atom is -0.493 e. The van der Waals surface area contributed by atoms with Gasteiger partial charge >= 0.3 is 0 Å². The number of rotatable bonds is 6. The second kappa shape index (κ2) is 6.18. The molecule has 0 aliphatic rings. The van der Waals surface area contributed by atoms with Gasteiger partial charge in [0.2, 0.25) is 0 Å². The van der Waals surface area contributed by atoms with Gasteiger partial charge in [0.05, 0.1) is 16.9 Å². The van der Waals surface area contributed by atoms with Gasteiger partial charge < -0.3 is 10.5 Å². The van der Waals surface area contributed by atoms with Crippen molar-refractivity contribution in [3.05, 3.63) is 28.5 Å². The molecule has 100 valence electrons. The number of hydrogen-bond acceptors (Lipinski definition) is 2. The normalized spacial score (nSPS) is 11.3. The van der Waals surface area contributed by atoms with Gasteiger partial charge in [-0.25, -0.2) is 4.39 Å². The Kier molecular flexibility index (Phi) is 5.14. The van der Waals surface area contributed by atoms with E-state index >= 15 is 0 Å². The van der Waals surface area contributed by atoms with E-state index in [9.17, 15) is 4.39 Å². The second-order valence-electron chi connectivity index (χ2n) is 4.83. The lowest BCUT2D eigenvalue weighted by Gasteiger charge is -2.22. The van der Waals surface area contributed by atoms with Crippen LogP contribution in [0.15, 0.2) is 22.7 Å². The number of hydrogen-bond donors (Lipinski definition) is 2. The van der Waals surface area contributed by atoms with Gasteiger partial charge in [0.15, 0.2) is 0 Å². The highest BCUT2D eigenvalue weighted by atomic mass is 79.9. The van der Waals surface area contributed by atoms with Gasteiger partial charge in [-0.15, -0.1) is 0 Å². The van der Waals surface area contributed by atoms with Gasteiger partial charge in [0, 0.05) is 11.5 Å². The molecular weight excluding hydrogens is 299 g/mol. The molecule has 0 saturated heterocycles. The van der Waals surface area contributed by atoms with Crippen LogP contribution in [0, 0.1) is 16.6 Å². The number of nitrogens with one attached hydrogen (secondary N) is 1. The summed E-state index contributed by atoms with van der Waals surface area (Å²) >= 11 is 3.09. The fourth-order valence-corrected chi connectivity index (χ4v) is 1.65. The lowest BCUT2D eigenvalue weighted by molar-refractivity contribution is 0.285. The molecule has 18 heavy (non-hydrogen) atoms. The summed E-state index contributed by atoms with van der Waals surface area (Å²) in [5, 5.41) is 7.43. The molecule has 5 heteroatoms. The molecule has 1 rings (SSSR count). The Hall–Kier alpha value is -1.10. The summed E-state index contributed by atoms with van der Waals surface area (Å²) < 4.78 is 19.1. The van der Waals surface area contributed by atoms with Crippen LogP contribution in [0.1, 0.15) is 26.7 Å². The van der Waals surface area contributed by atoms with Gasteiger partial charge in [-0.1, -0.05) is 13.8 Å². The average Bonchev–Trinajstić information content (AvgIpc) is 2.29. The first-order valence-corrected chi connectivity index (χ1v) is 6.54. The first-order chi connectivity index (χ1) is 8.33. The van der Waals surface area contributed by atoms with E-state index in [2.05, 4.69) is 15.9 Å². The van der Waals surface area contributed by atoms with Crippen LogP contribution in [0.5, 0.6) is 5.75 Å². The van der Waals surface area contributed by atoms with Crippen LogP contribution in [0.25, 0.3) is 0 Å². The second-order valence-corrected chi connectivity index (χ2v) is 5.68. The molecule has 0 unspecified atom stereocenters. The number of amidine groups is 1. The molecule has 1 aromatic rings. The number of ether oxygens (including phenoxy) is 1. The maximum absolute atomic E-state index is 13.2. The zero-order valence-corrected chi connectivity index (χ0v) is 12.2. The third kappa shape index (κ3) is 4.29. The molecule has 0 radical (unpaired) electrons. The van der Waals surface area contributed by atoms with Crippen molar-refractivity contribution in [1.29, 1.82) is 5.41 Å². The summed E-state index contributed by atoms with van der Waals surface area (Å²) in [6, 6.07) is 4.67. The van der Waals surface area contributed by atoms with Crippen molar-refractivity contribution >= 4 is 21.8 Å². The van der Waals surface area contributed by atoms with Crippen molar-refractivity contribution in [2.75, 3.05) is 6.61 Å². The molecule has 0 fully saturated rings. The summed E-state index contributed by atoms with van der Waals surface area (Å²) in [7, 11) is 0. The fraction of sp³-hybridized carbons (Fsp3) is 0.462. The van der Waals surface area contributed by atoms with E-state index < -0.39 is 0 Å². The molecular formula is C13H18BrFN2O. The van der Waals surface area contributed by atoms with Crippen LogP contribution in [-0.2, 0) is 0 Å². The molecule has 0 heterocycles. The Morgan fingerprint density at radius 1 is 1.50 bits per heavy atom. The molecule has 0 aliphatic carbocycles. The van der Waals surface area contributed by atoms with E-state index in [0.29, 0.717) is 16.8 Å². The first kappa shape index (κ1) is 15.0. The van der Waals surface area contributed by atoms with E-state index in [4.69, 9.17) is 15.9 Å². The number of benzene rings is 1. The zero-order chi connectivity index (χ0) is 13.8. The Balaban J connectivity index is 2.38. The fourth-order valence-electron chi connectivity index (χ4n) is 1.41. The van der Waals surface area contributed by atoms with Crippen molar-refractivity contribution < 1.29 is 9.13 Å². The molecule has 0 atom stereocenters. The molecule has 0 aromatic heterocycles. The highest BCUT2D eigenvalue weighted by Gasteiger charge is 2.20. The Labute approximate surface area is 115 Å². The smallest absolute Gasteiger partial charge is 0.141 e. The topological polar surface area (TPSA) is 59.1 Å². The van der Waals surface area contributed by atoms with E-state index in [1.54, 1.807) is 12.1 Å². The maximum Gasteiger partial charge on any atom is 0.141 e. The van der Waals surface area contributed by atoms with Crippen molar-refractivity contribution in [2.45, 2.75) is 26.7 Å². The molecule has 0 bridgehead atoms. The van der Waals surface area contributed by atoms with Crippen LogP contribution in [0.4, 0.5) is 4.39 Å². The maximum atomic E-state index is 13.2. The third-order valence-corrected chi connectivity index (χ3v) is 3.48. The van der Waals surface area contributed by atoms with Crippen molar-refractivity contribution in [3.63, 3.8) is 0 Å². The third-order valence-electron chi connectivity index (χ3n) is 2.84. The summed E-state index contributed by atoms with van der Waals surface area (Å²) in [6.45, 7) is 4.33. The van der Waals surface area contributed by atoms with Gasteiger partial charge in [0.1, 0.15) is 11.6 Å². The summed E-state index contributed by atoms with van der Waals surface area (Å²) in [6.07, 6.45) is 1.53. The quantitative estimate of drug-likeness (QED) is 0.477. The minimum atomic E-state index is -0.337. The molecule has 0 aliphatic heterocycles. The molecule has 0 saturated carbocycles. The van der Waals surface area contributed by atoms with E-state index in [0.717, 1.165) is 12.8 Å². The predicted octanol–water partition coefficient (Wildman–Crippen LogP) is 3.71. The van der Waals surface area contributed by atoms with E-state index in [1.165, 1.54) is 6.07 Å². The average molecular weight is 317 g/mol. The number of nitrogens with two attached hydrogens (primary N) is 1. The lowest BCUT2D eigenvalue weighted by Crippen LogP contribution is -2.31. The SMILES string of the molecule is CC(C)(CCCOc1ccc(Br)c(F)c1)C(=N)N. The van der Waals surface area contributed by atoms with Crippen LogP contribution in [0.2, 0.25) is 0 Å². The van der Waals surface area contributed by atoms with Gasteiger partial charge in [0.25, 0.3) is 0 Å². The highest BCUT2D eigenvalue weighted by molar-refractivity contribution is 9.10. The summed E-state index contributed by atoms with van der Waals surface area (Å²) in [5.41, 5.74) is 5.18. The summed E-state index contributed by atoms with van der Waals surface area (Å²) in [5.74, 6) is 0.352. The standard InChI is InChI=1S/C13H18BrFN2O/c1-13(2,12(16)17)6-3-7-18-9-4-5-10(14)11(15)8-9/h4-5,8H,3,6-7H2,1-2H3,(H3,16,17). The Bertz CT molecular complexity index is 435. The molecule has 1 aromatic carbocycles. The first-order valence-electron chi connectivity index (χ1n) is 5.75. The highest BCUT2D eigenvalue weighted by Crippen LogP contribution is 2.23. The molecule has 3 nitrogen and oxygen atoms in total. The molecule has 0 spiro atoms. The Morgan fingerprint density at radius 2 is 2.17 bits per heavy atom. The van der Waals surface area contributed by atoms with E-state index in [1.807, 2.05) is 13.8 Å². The van der Waals surface area contributed by atoms with Crippen molar-refractivity contribution in [1.82, 2.24) is 0 Å². The van der Waals surface area contributed by atoms with Gasteiger partial charge in [-0.3, -0.25) is 5.41 Å². The van der Waals surface area contributed by atoms with Crippen molar-refractivity contribution in [2.24, 2.45) is 11.1 Å². The molecule has 3 N–H and O–H groups in total.